The highest BCUT2D eigenvalue weighted by molar-refractivity contribution is 5.41. The fourth-order valence-electron chi connectivity index (χ4n) is 2.46. The maximum absolute atomic E-state index is 10.1. The third-order valence-electron chi connectivity index (χ3n) is 3.80. The molecule has 3 nitrogen and oxygen atoms in total. The maximum Gasteiger partial charge on any atom is 0.124 e. The third kappa shape index (κ3) is 3.76. The van der Waals surface area contributed by atoms with Gasteiger partial charge in [-0.2, -0.15) is 0 Å². The number of rotatable bonds is 6. The summed E-state index contributed by atoms with van der Waals surface area (Å²) in [5.41, 5.74) is 3.54. The van der Waals surface area contributed by atoms with Crippen molar-refractivity contribution < 1.29 is 9.84 Å². The number of benzene rings is 2. The fourth-order valence-corrected chi connectivity index (χ4v) is 2.46. The Kier molecular flexibility index (Phi) is 5.23. The summed E-state index contributed by atoms with van der Waals surface area (Å²) >= 11 is 0. The van der Waals surface area contributed by atoms with Gasteiger partial charge in [-0.15, -0.1) is 0 Å². The molecule has 3 heteroatoms. The van der Waals surface area contributed by atoms with Gasteiger partial charge in [0.2, 0.25) is 0 Å². The molecule has 0 aliphatic heterocycles. The lowest BCUT2D eigenvalue weighted by atomic mass is 10.0. The molecule has 0 heterocycles. The van der Waals surface area contributed by atoms with Gasteiger partial charge in [-0.05, 0) is 30.5 Å². The molecule has 0 aliphatic rings. The Labute approximate surface area is 126 Å². The first-order valence-electron chi connectivity index (χ1n) is 7.32. The summed E-state index contributed by atoms with van der Waals surface area (Å²) < 4.78 is 5.11. The summed E-state index contributed by atoms with van der Waals surface area (Å²) in [5.74, 6) is 0.929. The minimum absolute atomic E-state index is 0.0702. The molecule has 2 N–H and O–H groups in total. The number of methoxy groups -OCH3 is 1. The van der Waals surface area contributed by atoms with Gasteiger partial charge in [-0.3, -0.25) is 0 Å². The maximum atomic E-state index is 10.1. The van der Waals surface area contributed by atoms with Crippen LogP contribution in [0.1, 0.15) is 36.6 Å². The molecule has 0 spiro atoms. The van der Waals surface area contributed by atoms with E-state index in [0.717, 1.165) is 18.5 Å². The van der Waals surface area contributed by atoms with E-state index in [1.165, 1.54) is 11.1 Å². The van der Waals surface area contributed by atoms with Crippen LogP contribution in [0.3, 0.4) is 0 Å². The van der Waals surface area contributed by atoms with Crippen LogP contribution >= 0.6 is 0 Å². The summed E-state index contributed by atoms with van der Waals surface area (Å²) in [4.78, 5) is 0. The van der Waals surface area contributed by atoms with Crippen LogP contribution in [0.4, 0.5) is 0 Å². The summed E-state index contributed by atoms with van der Waals surface area (Å²) in [6, 6.07) is 13.9. The minimum atomic E-state index is 0.0702. The Morgan fingerprint density at radius 2 is 1.86 bits per heavy atom. The highest BCUT2D eigenvalue weighted by Crippen LogP contribution is 2.28. The number of hydrogen-bond donors (Lipinski definition) is 2. The third-order valence-corrected chi connectivity index (χ3v) is 3.80. The van der Waals surface area contributed by atoms with Gasteiger partial charge >= 0.3 is 0 Å². The summed E-state index contributed by atoms with van der Waals surface area (Å²) in [5, 5.41) is 13.5. The van der Waals surface area contributed by atoms with Crippen LogP contribution in [-0.2, 0) is 13.0 Å². The number of phenolic OH excluding ortho intramolecular Hbond substituents is 1. The lowest BCUT2D eigenvalue weighted by molar-refractivity contribution is 0.404. The van der Waals surface area contributed by atoms with E-state index in [1.54, 1.807) is 13.2 Å². The van der Waals surface area contributed by atoms with Crippen molar-refractivity contribution in [1.29, 1.82) is 0 Å². The normalized spacial score (nSPS) is 12.1. The highest BCUT2D eigenvalue weighted by Gasteiger charge is 2.11. The molecule has 112 valence electrons. The van der Waals surface area contributed by atoms with Crippen molar-refractivity contribution >= 4 is 0 Å². The van der Waals surface area contributed by atoms with Crippen LogP contribution < -0.4 is 10.1 Å². The van der Waals surface area contributed by atoms with Crippen molar-refractivity contribution in [2.45, 2.75) is 32.9 Å². The Morgan fingerprint density at radius 1 is 1.14 bits per heavy atom. The van der Waals surface area contributed by atoms with Gasteiger partial charge in [-0.25, -0.2) is 0 Å². The molecular weight excluding hydrogens is 262 g/mol. The lowest BCUT2D eigenvalue weighted by Gasteiger charge is -2.17. The van der Waals surface area contributed by atoms with Crippen LogP contribution in [0.15, 0.2) is 42.5 Å². The van der Waals surface area contributed by atoms with E-state index in [4.69, 9.17) is 4.74 Å². The molecule has 2 aromatic rings. The number of nitrogens with one attached hydrogen (secondary N) is 1. The number of ether oxygens (including phenoxy) is 1. The quantitative estimate of drug-likeness (QED) is 0.848. The zero-order valence-corrected chi connectivity index (χ0v) is 12.9. The number of aromatic hydroxyl groups is 1. The molecule has 2 rings (SSSR count). The molecule has 0 fully saturated rings. The molecule has 2 aromatic carbocycles. The average Bonchev–Trinajstić information content (AvgIpc) is 2.52. The Balaban J connectivity index is 2.06. The van der Waals surface area contributed by atoms with Gasteiger partial charge in [0.05, 0.1) is 7.11 Å². The van der Waals surface area contributed by atoms with E-state index < -0.39 is 0 Å². The van der Waals surface area contributed by atoms with E-state index in [2.05, 4.69) is 43.4 Å². The number of hydrogen-bond acceptors (Lipinski definition) is 3. The van der Waals surface area contributed by atoms with Crippen molar-refractivity contribution in [3.05, 3.63) is 59.2 Å². The van der Waals surface area contributed by atoms with Crippen LogP contribution in [0.25, 0.3) is 0 Å². The Morgan fingerprint density at radius 3 is 2.48 bits per heavy atom. The number of phenols is 1. The first kappa shape index (κ1) is 15.4. The predicted molar refractivity (Wildman–Crippen MR) is 85.7 cm³/mol. The van der Waals surface area contributed by atoms with Gasteiger partial charge < -0.3 is 15.2 Å². The first-order valence-corrected chi connectivity index (χ1v) is 7.32. The molecule has 0 aromatic heterocycles. The van der Waals surface area contributed by atoms with Gasteiger partial charge in [0, 0.05) is 24.2 Å². The molecule has 0 amide bonds. The van der Waals surface area contributed by atoms with E-state index >= 15 is 0 Å². The van der Waals surface area contributed by atoms with Crippen molar-refractivity contribution in [3.8, 4) is 11.5 Å². The first-order chi connectivity index (χ1) is 10.2. The zero-order chi connectivity index (χ0) is 15.2. The topological polar surface area (TPSA) is 41.5 Å². The van der Waals surface area contributed by atoms with E-state index in [9.17, 15) is 5.11 Å². The van der Waals surface area contributed by atoms with Crippen molar-refractivity contribution in [2.75, 3.05) is 7.11 Å². The molecule has 0 saturated carbocycles. The Bertz CT molecular complexity index is 596. The second-order valence-corrected chi connectivity index (χ2v) is 5.15. The molecule has 0 bridgehead atoms. The molecule has 0 aliphatic carbocycles. The van der Waals surface area contributed by atoms with Gasteiger partial charge in [0.1, 0.15) is 11.5 Å². The van der Waals surface area contributed by atoms with Crippen LogP contribution in [0, 0.1) is 0 Å². The smallest absolute Gasteiger partial charge is 0.124 e. The fraction of sp³-hybridized carbons (Fsp3) is 0.333. The molecule has 1 unspecified atom stereocenters. The second kappa shape index (κ2) is 7.14. The van der Waals surface area contributed by atoms with E-state index in [0.29, 0.717) is 5.75 Å². The summed E-state index contributed by atoms with van der Waals surface area (Å²) in [6.45, 7) is 5.00. The lowest BCUT2D eigenvalue weighted by Crippen LogP contribution is -2.19. The van der Waals surface area contributed by atoms with Crippen LogP contribution in [0.2, 0.25) is 0 Å². The largest absolute Gasteiger partial charge is 0.507 e. The molecule has 1 atom stereocenters. The standard InChI is InChI=1S/C18H23NO2/c1-4-14-7-5-6-8-15(14)12-19-13(2)17-10-9-16(21-3)11-18(17)20/h5-11,13,19-20H,4,12H2,1-3H3. The SMILES string of the molecule is CCc1ccccc1CNC(C)c1ccc(OC)cc1O. The zero-order valence-electron chi connectivity index (χ0n) is 12.9. The average molecular weight is 285 g/mol. The predicted octanol–water partition coefficient (Wildman–Crippen LogP) is 3.81. The molecular formula is C18H23NO2. The minimum Gasteiger partial charge on any atom is -0.507 e. The Hall–Kier alpha value is -2.00. The van der Waals surface area contributed by atoms with Gasteiger partial charge in [0.25, 0.3) is 0 Å². The molecule has 0 radical (unpaired) electrons. The van der Waals surface area contributed by atoms with Crippen LogP contribution in [-0.4, -0.2) is 12.2 Å². The van der Waals surface area contributed by atoms with Crippen molar-refractivity contribution in [3.63, 3.8) is 0 Å². The summed E-state index contributed by atoms with van der Waals surface area (Å²) in [6.07, 6.45) is 1.03. The van der Waals surface area contributed by atoms with E-state index in [-0.39, 0.29) is 11.8 Å². The van der Waals surface area contributed by atoms with Gasteiger partial charge in [0.15, 0.2) is 0 Å². The van der Waals surface area contributed by atoms with Gasteiger partial charge in [-0.1, -0.05) is 37.3 Å². The summed E-state index contributed by atoms with van der Waals surface area (Å²) in [7, 11) is 1.60. The molecule has 21 heavy (non-hydrogen) atoms. The highest BCUT2D eigenvalue weighted by atomic mass is 16.5. The second-order valence-electron chi connectivity index (χ2n) is 5.15. The van der Waals surface area contributed by atoms with Crippen molar-refractivity contribution in [2.24, 2.45) is 0 Å². The van der Waals surface area contributed by atoms with Crippen LogP contribution in [0.5, 0.6) is 11.5 Å². The number of aryl methyl sites for hydroxylation is 1. The van der Waals surface area contributed by atoms with E-state index in [1.807, 2.05) is 12.1 Å². The monoisotopic (exact) mass is 285 g/mol. The molecule has 0 saturated heterocycles. The van der Waals surface area contributed by atoms with Crippen molar-refractivity contribution in [1.82, 2.24) is 5.32 Å².